The highest BCUT2D eigenvalue weighted by atomic mass is 32.1. The van der Waals surface area contributed by atoms with Crippen molar-refractivity contribution in [2.24, 2.45) is 0 Å². The number of hydrogen-bond donors (Lipinski definition) is 0. The lowest BCUT2D eigenvalue weighted by Gasteiger charge is -2.30. The van der Waals surface area contributed by atoms with Gasteiger partial charge in [-0.15, -0.1) is 11.3 Å². The van der Waals surface area contributed by atoms with Crippen molar-refractivity contribution in [1.82, 2.24) is 15.0 Å². The molecule has 0 fully saturated rings. The van der Waals surface area contributed by atoms with Crippen LogP contribution in [0.3, 0.4) is 0 Å². The van der Waals surface area contributed by atoms with Crippen LogP contribution in [0.2, 0.25) is 0 Å². The number of fused-ring (bicyclic) bond motifs is 19. The Labute approximate surface area is 439 Å². The van der Waals surface area contributed by atoms with Gasteiger partial charge in [0.1, 0.15) is 22.3 Å². The predicted molar refractivity (Wildman–Crippen MR) is 311 cm³/mol. The smallest absolute Gasteiger partial charge is 0.164 e. The molecule has 0 bridgehead atoms. The molecule has 352 valence electrons. The largest absolute Gasteiger partial charge is 0.456 e. The van der Waals surface area contributed by atoms with Crippen LogP contribution in [0.1, 0.15) is 22.3 Å². The number of furan rings is 2. The van der Waals surface area contributed by atoms with Gasteiger partial charge in [-0.25, -0.2) is 15.0 Å². The Morgan fingerprint density at radius 2 is 0.737 bits per heavy atom. The fraction of sp³-hybridized carbons (Fsp3) is 0.0143. The third-order valence-corrected chi connectivity index (χ3v) is 17.3. The first kappa shape index (κ1) is 41.7. The zero-order chi connectivity index (χ0) is 49.6. The van der Waals surface area contributed by atoms with Gasteiger partial charge in [-0.2, -0.15) is 0 Å². The summed E-state index contributed by atoms with van der Waals surface area (Å²) < 4.78 is 15.4. The van der Waals surface area contributed by atoms with Gasteiger partial charge in [0.2, 0.25) is 0 Å². The molecule has 0 saturated heterocycles. The fourth-order valence-electron chi connectivity index (χ4n) is 12.9. The van der Waals surface area contributed by atoms with E-state index in [9.17, 15) is 0 Å². The van der Waals surface area contributed by atoms with E-state index in [0.717, 1.165) is 71.7 Å². The molecule has 0 unspecified atom stereocenters. The summed E-state index contributed by atoms with van der Waals surface area (Å²) in [5.41, 5.74) is 20.7. The van der Waals surface area contributed by atoms with Gasteiger partial charge in [-0.3, -0.25) is 0 Å². The maximum atomic E-state index is 6.64. The SMILES string of the molecule is c1ccc2c(c1)-c1ccccc1C21c2ccccc2-c2cc(-c3ccc(-c4ccc5oc6cccc(-c7nc(-c8ccc9c(c8)sc8ccccc89)nc(-c8cccc9oc%10ccccc%10c89)n7)c6c5c4)cc3)ccc21. The molecule has 0 saturated carbocycles. The number of aromatic nitrogens is 3. The normalized spacial score (nSPS) is 13.1. The summed E-state index contributed by atoms with van der Waals surface area (Å²) in [5, 5.41) is 6.40. The molecule has 17 rings (SSSR count). The molecule has 4 aromatic heterocycles. The van der Waals surface area contributed by atoms with Crippen LogP contribution in [0.15, 0.2) is 245 Å². The molecular weight excluding hydrogens is 947 g/mol. The Morgan fingerprint density at radius 1 is 0.276 bits per heavy atom. The van der Waals surface area contributed by atoms with Crippen LogP contribution < -0.4 is 0 Å². The highest BCUT2D eigenvalue weighted by molar-refractivity contribution is 7.25. The van der Waals surface area contributed by atoms with E-state index in [1.165, 1.54) is 75.8 Å². The Kier molecular flexibility index (Phi) is 8.58. The van der Waals surface area contributed by atoms with E-state index in [-0.39, 0.29) is 5.41 Å². The number of para-hydroxylation sites is 1. The Morgan fingerprint density at radius 3 is 1.42 bits per heavy atom. The number of rotatable bonds is 5. The molecule has 0 radical (unpaired) electrons. The zero-order valence-corrected chi connectivity index (χ0v) is 41.4. The van der Waals surface area contributed by atoms with E-state index in [0.29, 0.717) is 17.5 Å². The molecule has 4 heterocycles. The molecule has 5 nitrogen and oxygen atoms in total. The molecule has 0 amide bonds. The lowest BCUT2D eigenvalue weighted by atomic mass is 9.70. The van der Waals surface area contributed by atoms with E-state index in [2.05, 4.69) is 194 Å². The molecule has 6 heteroatoms. The highest BCUT2D eigenvalue weighted by Crippen LogP contribution is 2.63. The van der Waals surface area contributed by atoms with E-state index >= 15 is 0 Å². The molecule has 0 N–H and O–H groups in total. The van der Waals surface area contributed by atoms with Crippen molar-refractivity contribution in [1.29, 1.82) is 0 Å². The van der Waals surface area contributed by atoms with Gasteiger partial charge >= 0.3 is 0 Å². The van der Waals surface area contributed by atoms with Gasteiger partial charge in [0.15, 0.2) is 17.5 Å². The summed E-state index contributed by atoms with van der Waals surface area (Å²) in [6, 6.07) is 85.1. The summed E-state index contributed by atoms with van der Waals surface area (Å²) >= 11 is 1.79. The van der Waals surface area contributed by atoms with E-state index in [1.807, 2.05) is 42.5 Å². The molecule has 0 atom stereocenters. The van der Waals surface area contributed by atoms with Crippen LogP contribution in [0.5, 0.6) is 0 Å². The number of hydrogen-bond acceptors (Lipinski definition) is 6. The summed E-state index contributed by atoms with van der Waals surface area (Å²) in [7, 11) is 0. The molecule has 76 heavy (non-hydrogen) atoms. The van der Waals surface area contributed by atoms with Gasteiger partial charge in [0, 0.05) is 58.4 Å². The lowest BCUT2D eigenvalue weighted by Crippen LogP contribution is -2.25. The molecule has 15 aromatic rings. The maximum absolute atomic E-state index is 6.64. The lowest BCUT2D eigenvalue weighted by molar-refractivity contribution is 0.668. The molecule has 11 aromatic carbocycles. The molecular formula is C70H39N3O2S. The summed E-state index contributed by atoms with van der Waals surface area (Å²) in [6.45, 7) is 0. The third-order valence-electron chi connectivity index (χ3n) is 16.2. The minimum Gasteiger partial charge on any atom is -0.456 e. The van der Waals surface area contributed by atoms with Crippen LogP contribution in [-0.4, -0.2) is 15.0 Å². The van der Waals surface area contributed by atoms with Crippen LogP contribution in [-0.2, 0) is 5.41 Å². The Balaban J connectivity index is 0.783. The van der Waals surface area contributed by atoms with Crippen molar-refractivity contribution in [3.05, 3.63) is 259 Å². The first-order valence-electron chi connectivity index (χ1n) is 25.7. The van der Waals surface area contributed by atoms with Crippen molar-refractivity contribution in [3.63, 3.8) is 0 Å². The van der Waals surface area contributed by atoms with Gasteiger partial charge in [0.05, 0.1) is 5.41 Å². The molecule has 1 spiro atoms. The van der Waals surface area contributed by atoms with Gasteiger partial charge < -0.3 is 8.83 Å². The second-order valence-corrected chi connectivity index (χ2v) is 21.2. The average molecular weight is 986 g/mol. The quantitative estimate of drug-likeness (QED) is 0.172. The van der Waals surface area contributed by atoms with Crippen molar-refractivity contribution >= 4 is 75.4 Å². The average Bonchev–Trinajstić information content (AvgIpc) is 4.48. The van der Waals surface area contributed by atoms with Crippen LogP contribution >= 0.6 is 11.3 Å². The van der Waals surface area contributed by atoms with E-state index in [1.54, 1.807) is 11.3 Å². The number of thiophene rings is 1. The van der Waals surface area contributed by atoms with Gasteiger partial charge in [-0.05, 0) is 115 Å². The topological polar surface area (TPSA) is 65.0 Å². The summed E-state index contributed by atoms with van der Waals surface area (Å²) in [6.07, 6.45) is 0. The standard InChI is InChI=1S/C70H39N3O2S/c1-6-20-55-45(13-1)46-14-2-7-21-56(46)70(55)57-22-8-3-15-47(57)53-37-42(32-35-58(53)70)40-27-29-41(30-28-40)43-33-36-60-54(38-43)66-52(19-12-25-62(66)75-60)69-72-67(44-31-34-49-48-16-5-10-26-63(48)76-64(49)39-44)71-68(73-69)51-18-11-24-61-65(51)50-17-4-9-23-59(50)74-61/h1-39H. The molecule has 2 aliphatic rings. The first-order chi connectivity index (χ1) is 37.6. The van der Waals surface area contributed by atoms with E-state index < -0.39 is 0 Å². The second kappa shape index (κ2) is 15.6. The summed E-state index contributed by atoms with van der Waals surface area (Å²) in [5.74, 6) is 1.73. The van der Waals surface area contributed by atoms with Crippen LogP contribution in [0, 0.1) is 0 Å². The van der Waals surface area contributed by atoms with Crippen molar-refractivity contribution < 1.29 is 8.83 Å². The van der Waals surface area contributed by atoms with Gasteiger partial charge in [0.25, 0.3) is 0 Å². The van der Waals surface area contributed by atoms with Crippen LogP contribution in [0.4, 0.5) is 0 Å². The second-order valence-electron chi connectivity index (χ2n) is 20.1. The zero-order valence-electron chi connectivity index (χ0n) is 40.6. The number of nitrogens with zero attached hydrogens (tertiary/aromatic N) is 3. The maximum Gasteiger partial charge on any atom is 0.164 e. The number of benzene rings is 11. The van der Waals surface area contributed by atoms with Crippen molar-refractivity contribution in [2.45, 2.75) is 5.41 Å². The first-order valence-corrected chi connectivity index (χ1v) is 26.5. The minimum absolute atomic E-state index is 0.357. The third kappa shape index (κ3) is 5.81. The molecule has 2 aliphatic carbocycles. The molecule has 0 aliphatic heterocycles. The van der Waals surface area contributed by atoms with Gasteiger partial charge in [-0.1, -0.05) is 188 Å². The predicted octanol–water partition coefficient (Wildman–Crippen LogP) is 18.7. The summed E-state index contributed by atoms with van der Waals surface area (Å²) in [4.78, 5) is 16.0. The Bertz CT molecular complexity index is 4920. The van der Waals surface area contributed by atoms with Crippen molar-refractivity contribution in [3.8, 4) is 78.7 Å². The fourth-order valence-corrected chi connectivity index (χ4v) is 14.0. The van der Waals surface area contributed by atoms with E-state index in [4.69, 9.17) is 23.8 Å². The monoisotopic (exact) mass is 985 g/mol. The van der Waals surface area contributed by atoms with Crippen molar-refractivity contribution in [2.75, 3.05) is 0 Å². The minimum atomic E-state index is -0.357. The van der Waals surface area contributed by atoms with Crippen LogP contribution in [0.25, 0.3) is 143 Å². The Hall–Kier alpha value is -9.75. The highest BCUT2D eigenvalue weighted by Gasteiger charge is 2.51.